The van der Waals surface area contributed by atoms with Gasteiger partial charge in [-0.1, -0.05) is 24.3 Å². The molecule has 126 valence electrons. The van der Waals surface area contributed by atoms with Crippen molar-refractivity contribution in [3.05, 3.63) is 59.8 Å². The molecule has 1 N–H and O–H groups in total. The number of benzene rings is 2. The molecule has 1 aliphatic heterocycles. The van der Waals surface area contributed by atoms with Crippen molar-refractivity contribution in [3.63, 3.8) is 0 Å². The summed E-state index contributed by atoms with van der Waals surface area (Å²) in [5.41, 5.74) is 3.81. The van der Waals surface area contributed by atoms with Gasteiger partial charge < -0.3 is 10.2 Å². The highest BCUT2D eigenvalue weighted by molar-refractivity contribution is 6.07. The highest BCUT2D eigenvalue weighted by Crippen LogP contribution is 2.25. The SMILES string of the molecule is Cc1cccc(NC(=O)c2nc3ccccc3nc2N2CCCC2)c1. The van der Waals surface area contributed by atoms with E-state index < -0.39 is 0 Å². The van der Waals surface area contributed by atoms with Gasteiger partial charge in [-0.15, -0.1) is 0 Å². The topological polar surface area (TPSA) is 58.1 Å². The normalized spacial score (nSPS) is 14.0. The number of hydrogen-bond donors (Lipinski definition) is 1. The van der Waals surface area contributed by atoms with Gasteiger partial charge in [-0.25, -0.2) is 9.97 Å². The van der Waals surface area contributed by atoms with E-state index in [0.717, 1.165) is 48.2 Å². The van der Waals surface area contributed by atoms with Crippen LogP contribution in [-0.2, 0) is 0 Å². The van der Waals surface area contributed by atoms with E-state index in [2.05, 4.69) is 15.2 Å². The van der Waals surface area contributed by atoms with Crippen LogP contribution in [0.1, 0.15) is 28.9 Å². The van der Waals surface area contributed by atoms with E-state index in [1.165, 1.54) is 0 Å². The predicted octanol–water partition coefficient (Wildman–Crippen LogP) is 3.79. The molecular formula is C20H20N4O. The first-order chi connectivity index (χ1) is 12.2. The van der Waals surface area contributed by atoms with Crippen LogP contribution in [-0.4, -0.2) is 29.0 Å². The van der Waals surface area contributed by atoms with Crippen molar-refractivity contribution in [1.82, 2.24) is 9.97 Å². The molecule has 1 fully saturated rings. The number of aromatic nitrogens is 2. The van der Waals surface area contributed by atoms with E-state index in [1.807, 2.05) is 55.5 Å². The summed E-state index contributed by atoms with van der Waals surface area (Å²) in [7, 11) is 0. The van der Waals surface area contributed by atoms with Gasteiger partial charge in [0.15, 0.2) is 11.5 Å². The third kappa shape index (κ3) is 3.18. The zero-order valence-corrected chi connectivity index (χ0v) is 14.2. The minimum atomic E-state index is -0.217. The molecule has 0 bridgehead atoms. The molecule has 2 heterocycles. The summed E-state index contributed by atoms with van der Waals surface area (Å²) in [6.07, 6.45) is 2.24. The maximum absolute atomic E-state index is 12.9. The fourth-order valence-corrected chi connectivity index (χ4v) is 3.21. The summed E-state index contributed by atoms with van der Waals surface area (Å²) < 4.78 is 0. The van der Waals surface area contributed by atoms with Crippen LogP contribution in [0.25, 0.3) is 11.0 Å². The molecule has 1 amide bonds. The smallest absolute Gasteiger partial charge is 0.278 e. The van der Waals surface area contributed by atoms with Crippen molar-refractivity contribution in [2.24, 2.45) is 0 Å². The molecule has 0 spiro atoms. The molecule has 5 heteroatoms. The maximum atomic E-state index is 12.9. The third-order valence-electron chi connectivity index (χ3n) is 4.45. The van der Waals surface area contributed by atoms with Crippen LogP contribution in [0, 0.1) is 6.92 Å². The van der Waals surface area contributed by atoms with Crippen molar-refractivity contribution in [3.8, 4) is 0 Å². The number of carbonyl (C=O) groups excluding carboxylic acids is 1. The number of hydrogen-bond acceptors (Lipinski definition) is 4. The Balaban J connectivity index is 1.75. The maximum Gasteiger partial charge on any atom is 0.278 e. The highest BCUT2D eigenvalue weighted by atomic mass is 16.1. The Bertz CT molecular complexity index is 932. The van der Waals surface area contributed by atoms with Crippen LogP contribution in [0.15, 0.2) is 48.5 Å². The lowest BCUT2D eigenvalue weighted by Crippen LogP contribution is -2.25. The zero-order valence-electron chi connectivity index (χ0n) is 14.2. The second kappa shape index (κ2) is 6.51. The summed E-state index contributed by atoms with van der Waals surface area (Å²) in [5, 5.41) is 2.96. The first-order valence-electron chi connectivity index (χ1n) is 8.60. The quantitative estimate of drug-likeness (QED) is 0.793. The van der Waals surface area contributed by atoms with E-state index in [0.29, 0.717) is 11.5 Å². The molecular weight excluding hydrogens is 312 g/mol. The fourth-order valence-electron chi connectivity index (χ4n) is 3.21. The van der Waals surface area contributed by atoms with Gasteiger partial charge >= 0.3 is 0 Å². The van der Waals surface area contributed by atoms with Gasteiger partial charge in [0.05, 0.1) is 11.0 Å². The summed E-state index contributed by atoms with van der Waals surface area (Å²) >= 11 is 0. The molecule has 5 nitrogen and oxygen atoms in total. The number of aryl methyl sites for hydroxylation is 1. The van der Waals surface area contributed by atoms with Crippen molar-refractivity contribution < 1.29 is 4.79 Å². The number of nitrogens with one attached hydrogen (secondary N) is 1. The number of rotatable bonds is 3. The van der Waals surface area contributed by atoms with Crippen LogP contribution in [0.5, 0.6) is 0 Å². The number of para-hydroxylation sites is 2. The number of anilines is 2. The van der Waals surface area contributed by atoms with Crippen molar-refractivity contribution in [1.29, 1.82) is 0 Å². The molecule has 0 saturated carbocycles. The molecule has 4 rings (SSSR count). The molecule has 2 aromatic carbocycles. The lowest BCUT2D eigenvalue weighted by atomic mass is 10.2. The molecule has 1 aromatic heterocycles. The van der Waals surface area contributed by atoms with Crippen LogP contribution < -0.4 is 10.2 Å². The second-order valence-electron chi connectivity index (χ2n) is 6.40. The van der Waals surface area contributed by atoms with Gasteiger partial charge in [-0.3, -0.25) is 4.79 Å². The Morgan fingerprint density at radius 3 is 2.44 bits per heavy atom. The minimum Gasteiger partial charge on any atom is -0.355 e. The Labute approximate surface area is 146 Å². The Kier molecular flexibility index (Phi) is 4.06. The highest BCUT2D eigenvalue weighted by Gasteiger charge is 2.23. The van der Waals surface area contributed by atoms with Crippen LogP contribution in [0.2, 0.25) is 0 Å². The third-order valence-corrected chi connectivity index (χ3v) is 4.45. The summed E-state index contributed by atoms with van der Waals surface area (Å²) in [6, 6.07) is 15.4. The van der Waals surface area contributed by atoms with Crippen LogP contribution >= 0.6 is 0 Å². The van der Waals surface area contributed by atoms with E-state index in [1.54, 1.807) is 0 Å². The average Bonchev–Trinajstić information content (AvgIpc) is 3.15. The number of fused-ring (bicyclic) bond motifs is 1. The zero-order chi connectivity index (χ0) is 17.2. The molecule has 1 saturated heterocycles. The largest absolute Gasteiger partial charge is 0.355 e. The number of amides is 1. The minimum absolute atomic E-state index is 0.217. The standard InChI is InChI=1S/C20H20N4O/c1-14-7-6-8-15(13-14)21-20(25)18-19(24-11-4-5-12-24)23-17-10-3-2-9-16(17)22-18/h2-3,6-10,13H,4-5,11-12H2,1H3,(H,21,25). The van der Waals surface area contributed by atoms with Gasteiger partial charge in [0, 0.05) is 18.8 Å². The first-order valence-corrected chi connectivity index (χ1v) is 8.60. The lowest BCUT2D eigenvalue weighted by molar-refractivity contribution is 0.102. The Hall–Kier alpha value is -2.95. The van der Waals surface area contributed by atoms with Crippen molar-refractivity contribution >= 4 is 28.4 Å². The van der Waals surface area contributed by atoms with E-state index in [4.69, 9.17) is 4.98 Å². The molecule has 3 aromatic rings. The van der Waals surface area contributed by atoms with E-state index in [9.17, 15) is 4.79 Å². The molecule has 0 aliphatic carbocycles. The van der Waals surface area contributed by atoms with Gasteiger partial charge in [-0.05, 0) is 49.6 Å². The molecule has 25 heavy (non-hydrogen) atoms. The van der Waals surface area contributed by atoms with Gasteiger partial charge in [0.1, 0.15) is 0 Å². The Morgan fingerprint density at radius 2 is 1.72 bits per heavy atom. The van der Waals surface area contributed by atoms with E-state index in [-0.39, 0.29) is 5.91 Å². The Morgan fingerprint density at radius 1 is 1.00 bits per heavy atom. The summed E-state index contributed by atoms with van der Waals surface area (Å²) in [6.45, 7) is 3.83. The van der Waals surface area contributed by atoms with Gasteiger partial charge in [0.2, 0.25) is 0 Å². The monoisotopic (exact) mass is 332 g/mol. The lowest BCUT2D eigenvalue weighted by Gasteiger charge is -2.19. The number of nitrogens with zero attached hydrogens (tertiary/aromatic N) is 3. The molecule has 1 aliphatic rings. The van der Waals surface area contributed by atoms with Crippen molar-refractivity contribution in [2.45, 2.75) is 19.8 Å². The van der Waals surface area contributed by atoms with Crippen molar-refractivity contribution in [2.75, 3.05) is 23.3 Å². The molecule has 0 atom stereocenters. The van der Waals surface area contributed by atoms with Gasteiger partial charge in [0.25, 0.3) is 5.91 Å². The number of carbonyl (C=O) groups is 1. The van der Waals surface area contributed by atoms with Gasteiger partial charge in [-0.2, -0.15) is 0 Å². The molecule has 0 radical (unpaired) electrons. The fraction of sp³-hybridized carbons (Fsp3) is 0.250. The van der Waals surface area contributed by atoms with E-state index >= 15 is 0 Å². The van der Waals surface area contributed by atoms with Crippen LogP contribution in [0.4, 0.5) is 11.5 Å². The first kappa shape index (κ1) is 15.6. The summed E-state index contributed by atoms with van der Waals surface area (Å²) in [5.74, 6) is 0.465. The molecule has 0 unspecified atom stereocenters. The predicted molar refractivity (Wildman–Crippen MR) is 100 cm³/mol. The average molecular weight is 332 g/mol. The summed E-state index contributed by atoms with van der Waals surface area (Å²) in [4.78, 5) is 24.4. The second-order valence-corrected chi connectivity index (χ2v) is 6.40. The van der Waals surface area contributed by atoms with Crippen LogP contribution in [0.3, 0.4) is 0 Å².